The number of thioether (sulfide) groups is 1. The second-order valence-corrected chi connectivity index (χ2v) is 9.83. The number of hydrogen-bond donors (Lipinski definition) is 2. The molecule has 3 aromatic carbocycles. The number of sulfonamides is 1. The van der Waals surface area contributed by atoms with E-state index >= 15 is 0 Å². The Morgan fingerprint density at radius 1 is 1.09 bits per heavy atom. The van der Waals surface area contributed by atoms with Gasteiger partial charge in [-0.25, -0.2) is 18.1 Å². The van der Waals surface area contributed by atoms with Crippen molar-refractivity contribution in [2.45, 2.75) is 16.7 Å². The summed E-state index contributed by atoms with van der Waals surface area (Å²) in [6.07, 6.45) is 0. The zero-order chi connectivity index (χ0) is 22.7. The van der Waals surface area contributed by atoms with Gasteiger partial charge >= 0.3 is 0 Å². The van der Waals surface area contributed by atoms with E-state index in [4.69, 9.17) is 16.3 Å². The highest BCUT2D eigenvalue weighted by Gasteiger charge is 2.22. The minimum atomic E-state index is -4.08. The zero-order valence-electron chi connectivity index (χ0n) is 16.8. The number of aryl methyl sites for hydroxylation is 1. The Morgan fingerprint density at radius 2 is 1.81 bits per heavy atom. The number of hydrogen-bond acceptors (Lipinski definition) is 6. The van der Waals surface area contributed by atoms with E-state index in [1.807, 2.05) is 30.3 Å². The molecule has 1 heterocycles. The van der Waals surface area contributed by atoms with E-state index < -0.39 is 15.6 Å². The van der Waals surface area contributed by atoms with Crippen molar-refractivity contribution in [3.8, 4) is 5.75 Å². The predicted octanol–water partition coefficient (Wildman–Crippen LogP) is 4.81. The van der Waals surface area contributed by atoms with Crippen LogP contribution in [0.3, 0.4) is 0 Å². The van der Waals surface area contributed by atoms with Gasteiger partial charge in [-0.05, 0) is 48.9 Å². The van der Waals surface area contributed by atoms with Crippen LogP contribution in [0.25, 0.3) is 10.9 Å². The predicted molar refractivity (Wildman–Crippen MR) is 127 cm³/mol. The number of aromatic amines is 1. The third-order valence-corrected chi connectivity index (χ3v) is 7.34. The number of ether oxygens (including phenoxy) is 1. The van der Waals surface area contributed by atoms with Crippen LogP contribution in [0.5, 0.6) is 5.75 Å². The Morgan fingerprint density at radius 3 is 2.59 bits per heavy atom. The van der Waals surface area contributed by atoms with Crippen molar-refractivity contribution in [1.82, 2.24) is 9.97 Å². The van der Waals surface area contributed by atoms with E-state index in [0.29, 0.717) is 32.1 Å². The number of aromatic nitrogens is 2. The summed E-state index contributed by atoms with van der Waals surface area (Å²) < 4.78 is 34.4. The summed E-state index contributed by atoms with van der Waals surface area (Å²) in [7, 11) is -4.08. The minimum Gasteiger partial charge on any atom is -0.483 e. The fraction of sp³-hybridized carbons (Fsp3) is 0.0909. The first-order valence-corrected chi connectivity index (χ1v) is 12.3. The van der Waals surface area contributed by atoms with Crippen LogP contribution in [0.15, 0.2) is 81.3 Å². The molecule has 0 aliphatic heterocycles. The number of benzene rings is 3. The summed E-state index contributed by atoms with van der Waals surface area (Å²) in [5.74, 6) is 0.674. The van der Waals surface area contributed by atoms with Crippen molar-refractivity contribution in [3.05, 3.63) is 87.7 Å². The molecule has 32 heavy (non-hydrogen) atoms. The molecule has 0 aliphatic carbocycles. The molecule has 0 spiro atoms. The molecule has 0 aliphatic rings. The van der Waals surface area contributed by atoms with Gasteiger partial charge < -0.3 is 4.74 Å². The molecule has 4 rings (SSSR count). The molecule has 4 aromatic rings. The van der Waals surface area contributed by atoms with Gasteiger partial charge in [0.2, 0.25) is 5.95 Å². The van der Waals surface area contributed by atoms with Crippen LogP contribution in [0.2, 0.25) is 5.02 Å². The fourth-order valence-corrected chi connectivity index (χ4v) is 5.53. The van der Waals surface area contributed by atoms with E-state index in [-0.39, 0.29) is 16.8 Å². The fourth-order valence-electron chi connectivity index (χ4n) is 2.95. The van der Waals surface area contributed by atoms with Gasteiger partial charge in [-0.15, -0.1) is 0 Å². The van der Waals surface area contributed by atoms with Crippen molar-refractivity contribution in [3.63, 3.8) is 0 Å². The highest BCUT2D eigenvalue weighted by molar-refractivity contribution is 8.00. The molecule has 0 bridgehead atoms. The van der Waals surface area contributed by atoms with Gasteiger partial charge in [0.1, 0.15) is 16.6 Å². The van der Waals surface area contributed by atoms with E-state index in [1.165, 1.54) is 17.8 Å². The number of para-hydroxylation sites is 2. The standard InChI is InChI=1S/C22H18ClN3O4S2/c1-14-11-20(19(12-17(14)23)31-13-30-15-7-3-2-4-8-15)32(28,29)26-22-24-18-10-6-5-9-16(18)21(27)25-22/h2-12H,13H2,1H3,(H2,24,25,26,27). The lowest BCUT2D eigenvalue weighted by atomic mass is 10.2. The lowest BCUT2D eigenvalue weighted by molar-refractivity contribution is 0.393. The van der Waals surface area contributed by atoms with Gasteiger partial charge in [-0.2, -0.15) is 0 Å². The normalized spacial score (nSPS) is 11.4. The Hall–Kier alpha value is -3.01. The number of fused-ring (bicyclic) bond motifs is 1. The van der Waals surface area contributed by atoms with Crippen LogP contribution in [0.1, 0.15) is 5.56 Å². The van der Waals surface area contributed by atoms with E-state index in [9.17, 15) is 13.2 Å². The zero-order valence-corrected chi connectivity index (χ0v) is 19.2. The van der Waals surface area contributed by atoms with Crippen LogP contribution in [-0.2, 0) is 10.0 Å². The number of nitrogens with one attached hydrogen (secondary N) is 2. The second kappa shape index (κ2) is 9.23. The summed E-state index contributed by atoms with van der Waals surface area (Å²) in [6.45, 7) is 1.71. The molecule has 0 unspecified atom stereocenters. The van der Waals surface area contributed by atoms with Crippen LogP contribution >= 0.6 is 23.4 Å². The number of halogens is 1. The van der Waals surface area contributed by atoms with Crippen molar-refractivity contribution in [1.29, 1.82) is 0 Å². The molecule has 0 saturated heterocycles. The molecular weight excluding hydrogens is 470 g/mol. The molecule has 0 amide bonds. The average Bonchev–Trinajstić information content (AvgIpc) is 2.76. The molecular formula is C22H18ClN3O4S2. The molecule has 0 fully saturated rings. The van der Waals surface area contributed by atoms with Gasteiger partial charge in [0.25, 0.3) is 15.6 Å². The Labute approximate surface area is 193 Å². The summed E-state index contributed by atoms with van der Waals surface area (Å²) in [4.78, 5) is 19.4. The van der Waals surface area contributed by atoms with Gasteiger partial charge in [0.05, 0.1) is 10.9 Å². The molecule has 10 heteroatoms. The SMILES string of the molecule is Cc1cc(S(=O)(=O)Nc2nc3ccccc3c(=O)[nH]2)c(SCOc2ccccc2)cc1Cl. The van der Waals surface area contributed by atoms with Crippen molar-refractivity contribution in [2.75, 3.05) is 10.7 Å². The number of H-pyrrole nitrogens is 1. The number of anilines is 1. The van der Waals surface area contributed by atoms with Crippen molar-refractivity contribution in [2.24, 2.45) is 0 Å². The van der Waals surface area contributed by atoms with Crippen LogP contribution in [0, 0.1) is 6.92 Å². The van der Waals surface area contributed by atoms with Crippen LogP contribution < -0.4 is 15.0 Å². The third-order valence-electron chi connectivity index (χ3n) is 4.54. The van der Waals surface area contributed by atoms with Gasteiger partial charge in [0.15, 0.2) is 0 Å². The summed E-state index contributed by atoms with van der Waals surface area (Å²) in [5.41, 5.74) is 0.541. The molecule has 7 nitrogen and oxygen atoms in total. The molecule has 164 valence electrons. The maximum atomic E-state index is 13.2. The second-order valence-electron chi connectivity index (χ2n) is 6.80. The van der Waals surface area contributed by atoms with Gasteiger partial charge in [-0.3, -0.25) is 9.78 Å². The minimum absolute atomic E-state index is 0.0110. The molecule has 0 radical (unpaired) electrons. The first kappa shape index (κ1) is 22.2. The number of nitrogens with zero attached hydrogens (tertiary/aromatic N) is 1. The highest BCUT2D eigenvalue weighted by atomic mass is 35.5. The van der Waals surface area contributed by atoms with Crippen molar-refractivity contribution < 1.29 is 13.2 Å². The molecule has 0 atom stereocenters. The number of rotatable bonds is 7. The maximum absolute atomic E-state index is 13.2. The first-order valence-electron chi connectivity index (χ1n) is 9.46. The Kier molecular flexibility index (Phi) is 6.40. The van der Waals surface area contributed by atoms with E-state index in [1.54, 1.807) is 37.3 Å². The third kappa shape index (κ3) is 4.90. The topological polar surface area (TPSA) is 101 Å². The summed E-state index contributed by atoms with van der Waals surface area (Å²) >= 11 is 7.44. The summed E-state index contributed by atoms with van der Waals surface area (Å²) in [6, 6.07) is 18.9. The first-order chi connectivity index (χ1) is 15.3. The average molecular weight is 488 g/mol. The molecule has 0 saturated carbocycles. The van der Waals surface area contributed by atoms with Crippen molar-refractivity contribution >= 4 is 50.2 Å². The highest BCUT2D eigenvalue weighted by Crippen LogP contribution is 2.33. The van der Waals surface area contributed by atoms with Crippen LogP contribution in [0.4, 0.5) is 5.95 Å². The Balaban J connectivity index is 1.63. The monoisotopic (exact) mass is 487 g/mol. The van der Waals surface area contributed by atoms with Gasteiger partial charge in [-0.1, -0.05) is 53.7 Å². The maximum Gasteiger partial charge on any atom is 0.265 e. The lowest BCUT2D eigenvalue weighted by Gasteiger charge is -2.14. The molecule has 2 N–H and O–H groups in total. The smallest absolute Gasteiger partial charge is 0.265 e. The lowest BCUT2D eigenvalue weighted by Crippen LogP contribution is -2.19. The van der Waals surface area contributed by atoms with Gasteiger partial charge in [0, 0.05) is 9.92 Å². The quantitative estimate of drug-likeness (QED) is 0.286. The largest absolute Gasteiger partial charge is 0.483 e. The van der Waals surface area contributed by atoms with E-state index in [2.05, 4.69) is 14.7 Å². The Bertz CT molecular complexity index is 1440. The van der Waals surface area contributed by atoms with Crippen LogP contribution in [-0.4, -0.2) is 24.3 Å². The molecule has 1 aromatic heterocycles. The van der Waals surface area contributed by atoms with E-state index in [0.717, 1.165) is 0 Å². The summed E-state index contributed by atoms with van der Waals surface area (Å²) in [5, 5.41) is 0.801.